The second kappa shape index (κ2) is 7.13. The first-order chi connectivity index (χ1) is 9.81. The quantitative estimate of drug-likeness (QED) is 0.896. The lowest BCUT2D eigenvalue weighted by molar-refractivity contribution is 0.0621. The van der Waals surface area contributed by atoms with Gasteiger partial charge in [-0.3, -0.25) is 4.79 Å². The van der Waals surface area contributed by atoms with E-state index in [0.717, 1.165) is 16.8 Å². The number of aromatic nitrogens is 1. The number of carbonyl (C=O) groups is 1. The van der Waals surface area contributed by atoms with Crippen molar-refractivity contribution >= 4 is 52.3 Å². The second-order valence-corrected chi connectivity index (χ2v) is 6.61. The van der Waals surface area contributed by atoms with Gasteiger partial charge in [-0.05, 0) is 44.0 Å². The smallest absolute Gasteiger partial charge is 0.253 e. The predicted molar refractivity (Wildman–Crippen MR) is 94.5 cm³/mol. The summed E-state index contributed by atoms with van der Waals surface area (Å²) in [7, 11) is 0. The van der Waals surface area contributed by atoms with Crippen LogP contribution in [0.3, 0.4) is 0 Å². The van der Waals surface area contributed by atoms with E-state index in [1.807, 2.05) is 18.2 Å². The van der Waals surface area contributed by atoms with E-state index >= 15 is 0 Å². The summed E-state index contributed by atoms with van der Waals surface area (Å²) in [6, 6.07) is 6.13. The Morgan fingerprint density at radius 2 is 2.05 bits per heavy atom. The molecule has 0 radical (unpaired) electrons. The number of fused-ring (bicyclic) bond motifs is 4. The van der Waals surface area contributed by atoms with Crippen LogP contribution in [0.15, 0.2) is 23.7 Å². The third kappa shape index (κ3) is 3.08. The molecule has 5 rings (SSSR count). The van der Waals surface area contributed by atoms with E-state index in [9.17, 15) is 4.79 Å². The summed E-state index contributed by atoms with van der Waals surface area (Å²) < 4.78 is 1.08. The Kier molecular flexibility index (Phi) is 5.66. The van der Waals surface area contributed by atoms with Crippen molar-refractivity contribution in [3.63, 3.8) is 0 Å². The number of piperidine rings is 3. The standard InChI is InChI=1S/C15H17N3OS.2ClH/c19-15(11-2-1-3-13-14(11)16-9-20-13)17-12-8-18-6-4-10(12)5-7-18;;/h1-3,9-10,12H,4-8H2,(H,17,19);2*1H/t12-;;/m1../s1. The van der Waals surface area contributed by atoms with Crippen molar-refractivity contribution in [3.05, 3.63) is 29.3 Å². The lowest BCUT2D eigenvalue weighted by atomic mass is 9.84. The zero-order valence-electron chi connectivity index (χ0n) is 12.0. The highest BCUT2D eigenvalue weighted by atomic mass is 35.5. The van der Waals surface area contributed by atoms with Gasteiger partial charge in [0.25, 0.3) is 5.91 Å². The normalized spacial score (nSPS) is 26.1. The molecule has 120 valence electrons. The van der Waals surface area contributed by atoms with Gasteiger partial charge in [0, 0.05) is 12.6 Å². The Hall–Kier alpha value is -0.880. The molecule has 4 nitrogen and oxygen atoms in total. The molecular formula is C15H19Cl2N3OS. The molecule has 2 bridgehead atoms. The van der Waals surface area contributed by atoms with Gasteiger partial charge in [0.2, 0.25) is 0 Å². The number of nitrogens with one attached hydrogen (secondary N) is 1. The van der Waals surface area contributed by atoms with Crippen LogP contribution in [0.1, 0.15) is 23.2 Å². The van der Waals surface area contributed by atoms with E-state index in [-0.39, 0.29) is 30.7 Å². The number of halogens is 2. The van der Waals surface area contributed by atoms with Gasteiger partial charge in [-0.1, -0.05) is 6.07 Å². The Balaban J connectivity index is 0.000000882. The van der Waals surface area contributed by atoms with Crippen LogP contribution < -0.4 is 5.32 Å². The first kappa shape index (κ1) is 17.5. The number of amides is 1. The maximum absolute atomic E-state index is 12.5. The summed E-state index contributed by atoms with van der Waals surface area (Å²) in [6.07, 6.45) is 2.43. The molecule has 4 heterocycles. The molecule has 22 heavy (non-hydrogen) atoms. The van der Waals surface area contributed by atoms with E-state index in [0.29, 0.717) is 17.5 Å². The number of para-hydroxylation sites is 1. The molecule has 0 unspecified atom stereocenters. The summed E-state index contributed by atoms with van der Waals surface area (Å²) in [5.41, 5.74) is 3.34. The van der Waals surface area contributed by atoms with Gasteiger partial charge in [-0.2, -0.15) is 0 Å². The van der Waals surface area contributed by atoms with Crippen molar-refractivity contribution in [3.8, 4) is 0 Å². The summed E-state index contributed by atoms with van der Waals surface area (Å²) in [4.78, 5) is 19.3. The molecule has 1 aromatic carbocycles. The molecule has 3 aliphatic heterocycles. The largest absolute Gasteiger partial charge is 0.348 e. The van der Waals surface area contributed by atoms with Crippen LogP contribution in [0.25, 0.3) is 10.2 Å². The number of thiazole rings is 1. The SMILES string of the molecule is Cl.Cl.O=C(N[C@@H]1CN2CCC1CC2)c1cccc2scnc12. The zero-order valence-corrected chi connectivity index (χ0v) is 14.5. The fourth-order valence-electron chi connectivity index (χ4n) is 3.44. The number of nitrogens with zero attached hydrogens (tertiary/aromatic N) is 2. The van der Waals surface area contributed by atoms with Gasteiger partial charge in [0.05, 0.1) is 21.3 Å². The van der Waals surface area contributed by atoms with E-state index < -0.39 is 0 Å². The van der Waals surface area contributed by atoms with Crippen molar-refractivity contribution < 1.29 is 4.79 Å². The molecule has 0 spiro atoms. The minimum absolute atomic E-state index is 0. The molecule has 1 N–H and O–H groups in total. The highest BCUT2D eigenvalue weighted by molar-refractivity contribution is 7.16. The zero-order chi connectivity index (χ0) is 13.5. The van der Waals surface area contributed by atoms with Crippen molar-refractivity contribution in [1.29, 1.82) is 0 Å². The number of rotatable bonds is 2. The Bertz CT molecular complexity index is 655. The van der Waals surface area contributed by atoms with Crippen LogP contribution >= 0.6 is 36.2 Å². The first-order valence-electron chi connectivity index (χ1n) is 7.17. The average Bonchev–Trinajstić information content (AvgIpc) is 2.96. The maximum Gasteiger partial charge on any atom is 0.253 e. The monoisotopic (exact) mass is 359 g/mol. The predicted octanol–water partition coefficient (Wildman–Crippen LogP) is 2.96. The topological polar surface area (TPSA) is 45.2 Å². The molecule has 3 aliphatic rings. The summed E-state index contributed by atoms with van der Waals surface area (Å²) >= 11 is 1.58. The summed E-state index contributed by atoms with van der Waals surface area (Å²) in [6.45, 7) is 3.39. The van der Waals surface area contributed by atoms with Gasteiger partial charge in [0.1, 0.15) is 0 Å². The van der Waals surface area contributed by atoms with Crippen LogP contribution in [0, 0.1) is 5.92 Å². The third-order valence-electron chi connectivity index (χ3n) is 4.58. The molecule has 0 aliphatic carbocycles. The van der Waals surface area contributed by atoms with Crippen molar-refractivity contribution in [1.82, 2.24) is 15.2 Å². The number of carbonyl (C=O) groups excluding carboxylic acids is 1. The van der Waals surface area contributed by atoms with Gasteiger partial charge in [-0.15, -0.1) is 36.2 Å². The molecule has 1 amide bonds. The van der Waals surface area contributed by atoms with Gasteiger partial charge >= 0.3 is 0 Å². The van der Waals surface area contributed by atoms with E-state index in [1.54, 1.807) is 16.8 Å². The molecular weight excluding hydrogens is 341 g/mol. The highest BCUT2D eigenvalue weighted by Crippen LogP contribution is 2.28. The van der Waals surface area contributed by atoms with Crippen LogP contribution in [-0.2, 0) is 0 Å². The Labute approximate surface area is 146 Å². The lowest BCUT2D eigenvalue weighted by Gasteiger charge is -2.44. The Morgan fingerprint density at radius 3 is 2.73 bits per heavy atom. The Morgan fingerprint density at radius 1 is 1.27 bits per heavy atom. The van der Waals surface area contributed by atoms with Crippen LogP contribution in [0.4, 0.5) is 0 Å². The lowest BCUT2D eigenvalue weighted by Crippen LogP contribution is -2.57. The van der Waals surface area contributed by atoms with Crippen LogP contribution in [0.5, 0.6) is 0 Å². The average molecular weight is 360 g/mol. The molecule has 0 saturated carbocycles. The fourth-order valence-corrected chi connectivity index (χ4v) is 4.15. The van der Waals surface area contributed by atoms with Crippen molar-refractivity contribution in [2.24, 2.45) is 5.92 Å². The number of benzene rings is 1. The highest BCUT2D eigenvalue weighted by Gasteiger charge is 2.35. The van der Waals surface area contributed by atoms with Crippen molar-refractivity contribution in [2.75, 3.05) is 19.6 Å². The van der Waals surface area contributed by atoms with Crippen molar-refractivity contribution in [2.45, 2.75) is 18.9 Å². The summed E-state index contributed by atoms with van der Waals surface area (Å²) in [5, 5.41) is 3.23. The number of hydrogen-bond acceptors (Lipinski definition) is 4. The van der Waals surface area contributed by atoms with Gasteiger partial charge in [-0.25, -0.2) is 4.98 Å². The molecule has 7 heteroatoms. The minimum atomic E-state index is 0. The molecule has 1 aromatic heterocycles. The third-order valence-corrected chi connectivity index (χ3v) is 5.37. The molecule has 2 aromatic rings. The molecule has 3 fully saturated rings. The second-order valence-electron chi connectivity index (χ2n) is 5.72. The van der Waals surface area contributed by atoms with Gasteiger partial charge < -0.3 is 10.2 Å². The first-order valence-corrected chi connectivity index (χ1v) is 8.04. The number of hydrogen-bond donors (Lipinski definition) is 1. The fraction of sp³-hybridized carbons (Fsp3) is 0.467. The van der Waals surface area contributed by atoms with E-state index in [2.05, 4.69) is 15.2 Å². The van der Waals surface area contributed by atoms with Crippen LogP contribution in [-0.4, -0.2) is 41.5 Å². The van der Waals surface area contributed by atoms with E-state index in [1.165, 1.54) is 25.9 Å². The molecule has 3 saturated heterocycles. The maximum atomic E-state index is 12.5. The van der Waals surface area contributed by atoms with Crippen LogP contribution in [0.2, 0.25) is 0 Å². The molecule has 1 atom stereocenters. The summed E-state index contributed by atoms with van der Waals surface area (Å²) in [5.74, 6) is 0.679. The minimum Gasteiger partial charge on any atom is -0.348 e. The van der Waals surface area contributed by atoms with E-state index in [4.69, 9.17) is 0 Å². The van der Waals surface area contributed by atoms with Gasteiger partial charge in [0.15, 0.2) is 0 Å².